The Morgan fingerprint density at radius 2 is 1.56 bits per heavy atom. The number of carbonyl (C=O) groups excluding carboxylic acids is 2. The highest BCUT2D eigenvalue weighted by molar-refractivity contribution is 7.99. The van der Waals surface area contributed by atoms with E-state index < -0.39 is 6.04 Å². The lowest BCUT2D eigenvalue weighted by Crippen LogP contribution is -2.51. The largest absolute Gasteiger partial charge is 0.354 e. The second kappa shape index (κ2) is 14.9. The molecule has 0 saturated carbocycles. The van der Waals surface area contributed by atoms with Gasteiger partial charge in [0.25, 0.3) is 0 Å². The summed E-state index contributed by atoms with van der Waals surface area (Å²) in [6.45, 7) is 3.05. The molecule has 7 heteroatoms. The van der Waals surface area contributed by atoms with Crippen LogP contribution in [0.1, 0.15) is 36.5 Å². The van der Waals surface area contributed by atoms with Crippen LogP contribution < -0.4 is 5.32 Å². The molecule has 0 aliphatic rings. The first-order valence-corrected chi connectivity index (χ1v) is 14.1. The minimum atomic E-state index is -0.609. The quantitative estimate of drug-likeness (QED) is 0.242. The van der Waals surface area contributed by atoms with Gasteiger partial charge >= 0.3 is 0 Å². The second-order valence-corrected chi connectivity index (χ2v) is 10.4. The van der Waals surface area contributed by atoms with Crippen LogP contribution in [0.25, 0.3) is 0 Å². The first-order chi connectivity index (χ1) is 17.5. The topological polar surface area (TPSA) is 49.4 Å². The number of carbonyl (C=O) groups is 2. The number of amides is 2. The van der Waals surface area contributed by atoms with Crippen molar-refractivity contribution in [3.63, 3.8) is 0 Å². The van der Waals surface area contributed by atoms with Gasteiger partial charge in [-0.2, -0.15) is 0 Å². The molecule has 1 N–H and O–H groups in total. The summed E-state index contributed by atoms with van der Waals surface area (Å²) in [5.74, 6) is 0.677. The highest BCUT2D eigenvalue weighted by atomic mass is 35.5. The average Bonchev–Trinajstić information content (AvgIpc) is 2.89. The third-order valence-corrected chi connectivity index (χ3v) is 7.50. The predicted octanol–water partition coefficient (Wildman–Crippen LogP) is 6.78. The van der Waals surface area contributed by atoms with Crippen LogP contribution >= 0.6 is 35.0 Å². The second-order valence-electron chi connectivity index (χ2n) is 8.60. The molecule has 2 amide bonds. The zero-order valence-corrected chi connectivity index (χ0v) is 22.8. The van der Waals surface area contributed by atoms with E-state index in [0.717, 1.165) is 29.5 Å². The zero-order chi connectivity index (χ0) is 25.8. The molecule has 0 radical (unpaired) electrons. The number of rotatable bonds is 13. The molecule has 0 aliphatic heterocycles. The van der Waals surface area contributed by atoms with Crippen LogP contribution in [0, 0.1) is 0 Å². The van der Waals surface area contributed by atoms with Gasteiger partial charge in [0.15, 0.2) is 0 Å². The van der Waals surface area contributed by atoms with E-state index in [9.17, 15) is 9.59 Å². The summed E-state index contributed by atoms with van der Waals surface area (Å²) < 4.78 is 0. The van der Waals surface area contributed by atoms with E-state index in [2.05, 4.69) is 12.2 Å². The lowest BCUT2D eigenvalue weighted by atomic mass is 10.0. The first kappa shape index (κ1) is 28.1. The fraction of sp³-hybridized carbons (Fsp3) is 0.310. The summed E-state index contributed by atoms with van der Waals surface area (Å²) in [7, 11) is 0. The van der Waals surface area contributed by atoms with Gasteiger partial charge in [-0.25, -0.2) is 0 Å². The Balaban J connectivity index is 1.80. The smallest absolute Gasteiger partial charge is 0.243 e. The van der Waals surface area contributed by atoms with Crippen molar-refractivity contribution in [2.24, 2.45) is 0 Å². The Morgan fingerprint density at radius 1 is 0.889 bits per heavy atom. The molecule has 0 aromatic heterocycles. The monoisotopic (exact) mass is 542 g/mol. The van der Waals surface area contributed by atoms with Crippen LogP contribution in [0.5, 0.6) is 0 Å². The van der Waals surface area contributed by atoms with Crippen molar-refractivity contribution in [1.82, 2.24) is 10.2 Å². The third-order valence-electron chi connectivity index (χ3n) is 5.77. The van der Waals surface area contributed by atoms with E-state index in [1.165, 1.54) is 11.8 Å². The van der Waals surface area contributed by atoms with Crippen molar-refractivity contribution in [2.45, 2.75) is 44.5 Å². The van der Waals surface area contributed by atoms with Gasteiger partial charge in [0.1, 0.15) is 6.04 Å². The molecule has 4 nitrogen and oxygen atoms in total. The van der Waals surface area contributed by atoms with E-state index in [-0.39, 0.29) is 17.6 Å². The molecule has 0 aliphatic carbocycles. The van der Waals surface area contributed by atoms with Crippen LogP contribution in [-0.2, 0) is 28.3 Å². The van der Waals surface area contributed by atoms with E-state index in [0.29, 0.717) is 35.3 Å². The van der Waals surface area contributed by atoms with Gasteiger partial charge in [-0.15, -0.1) is 11.8 Å². The van der Waals surface area contributed by atoms with Gasteiger partial charge in [-0.1, -0.05) is 103 Å². The third kappa shape index (κ3) is 8.88. The fourth-order valence-corrected chi connectivity index (χ4v) is 4.99. The Hall–Kier alpha value is -2.47. The maximum atomic E-state index is 13.6. The molecule has 36 heavy (non-hydrogen) atoms. The van der Waals surface area contributed by atoms with Crippen molar-refractivity contribution in [3.8, 4) is 0 Å². The minimum Gasteiger partial charge on any atom is -0.354 e. The lowest BCUT2D eigenvalue weighted by Gasteiger charge is -2.31. The van der Waals surface area contributed by atoms with Crippen LogP contribution in [0.4, 0.5) is 0 Å². The Labute approximate surface area is 228 Å². The Morgan fingerprint density at radius 3 is 2.19 bits per heavy atom. The van der Waals surface area contributed by atoms with Crippen molar-refractivity contribution in [3.05, 3.63) is 106 Å². The summed E-state index contributed by atoms with van der Waals surface area (Å²) in [5, 5.41) is 4.06. The summed E-state index contributed by atoms with van der Waals surface area (Å²) >= 11 is 13.7. The number of hydrogen-bond donors (Lipinski definition) is 1. The summed E-state index contributed by atoms with van der Waals surface area (Å²) in [6.07, 6.45) is 2.34. The number of nitrogens with one attached hydrogen (secondary N) is 1. The average molecular weight is 544 g/mol. The van der Waals surface area contributed by atoms with Gasteiger partial charge < -0.3 is 10.2 Å². The van der Waals surface area contributed by atoms with Crippen LogP contribution in [0.3, 0.4) is 0 Å². The van der Waals surface area contributed by atoms with Crippen LogP contribution in [0.15, 0.2) is 78.9 Å². The summed E-state index contributed by atoms with van der Waals surface area (Å²) in [4.78, 5) is 28.7. The maximum Gasteiger partial charge on any atom is 0.243 e. The molecule has 3 rings (SSSR count). The van der Waals surface area contributed by atoms with Gasteiger partial charge in [-0.05, 0) is 35.2 Å². The van der Waals surface area contributed by atoms with Crippen molar-refractivity contribution >= 4 is 46.8 Å². The zero-order valence-electron chi connectivity index (χ0n) is 20.5. The molecule has 0 spiro atoms. The van der Waals surface area contributed by atoms with Crippen LogP contribution in [0.2, 0.25) is 10.0 Å². The first-order valence-electron chi connectivity index (χ1n) is 12.1. The minimum absolute atomic E-state index is 0.0736. The van der Waals surface area contributed by atoms with Crippen molar-refractivity contribution in [1.29, 1.82) is 0 Å². The predicted molar refractivity (Wildman–Crippen MR) is 151 cm³/mol. The molecular formula is C29H32Cl2N2O2S. The number of nitrogens with zero attached hydrogens (tertiary/aromatic N) is 1. The van der Waals surface area contributed by atoms with E-state index in [1.54, 1.807) is 11.0 Å². The maximum absolute atomic E-state index is 13.6. The van der Waals surface area contributed by atoms with Gasteiger partial charge in [0.2, 0.25) is 11.8 Å². The normalized spacial score (nSPS) is 11.6. The Bertz CT molecular complexity index is 1110. The molecule has 3 aromatic carbocycles. The van der Waals surface area contributed by atoms with E-state index in [4.69, 9.17) is 23.2 Å². The van der Waals surface area contributed by atoms with Gasteiger partial charge in [0.05, 0.1) is 15.8 Å². The molecular weight excluding hydrogens is 511 g/mol. The number of halogens is 2. The standard InChI is InChI=1S/C29H32Cl2N2O2S/c1-2-3-16-32-29(35)27(18-22-10-6-4-7-11-22)33(19-23-12-8-5-9-13-23)28(34)21-36-20-24-14-15-25(30)26(31)17-24/h4-15,17,27H,2-3,16,18-21H2,1H3,(H,32,35)/t27-/m0/s1. The number of benzene rings is 3. The van der Waals surface area contributed by atoms with Gasteiger partial charge in [0, 0.05) is 25.3 Å². The highest BCUT2D eigenvalue weighted by Gasteiger charge is 2.30. The number of thioether (sulfide) groups is 1. The molecule has 0 bridgehead atoms. The van der Waals surface area contributed by atoms with Gasteiger partial charge in [-0.3, -0.25) is 9.59 Å². The molecule has 0 fully saturated rings. The van der Waals surface area contributed by atoms with E-state index in [1.807, 2.05) is 72.8 Å². The van der Waals surface area contributed by atoms with Crippen molar-refractivity contribution in [2.75, 3.05) is 12.3 Å². The fourth-order valence-electron chi connectivity index (χ4n) is 3.81. The van der Waals surface area contributed by atoms with E-state index >= 15 is 0 Å². The number of hydrogen-bond acceptors (Lipinski definition) is 3. The molecule has 1 atom stereocenters. The Kier molecular flexibility index (Phi) is 11.7. The molecule has 190 valence electrons. The summed E-state index contributed by atoms with van der Waals surface area (Å²) in [6, 6.07) is 24.6. The molecule has 0 unspecified atom stereocenters. The molecule has 3 aromatic rings. The highest BCUT2D eigenvalue weighted by Crippen LogP contribution is 2.25. The molecule has 0 heterocycles. The van der Waals surface area contributed by atoms with Crippen molar-refractivity contribution < 1.29 is 9.59 Å². The van der Waals surface area contributed by atoms with Crippen LogP contribution in [-0.4, -0.2) is 35.1 Å². The SMILES string of the molecule is CCCCNC(=O)[C@H](Cc1ccccc1)N(Cc1ccccc1)C(=O)CSCc1ccc(Cl)c(Cl)c1. The molecule has 0 saturated heterocycles. The number of unbranched alkanes of at least 4 members (excludes halogenated alkanes) is 1. The lowest BCUT2D eigenvalue weighted by molar-refractivity contribution is -0.139. The summed E-state index contributed by atoms with van der Waals surface area (Å²) in [5.41, 5.74) is 3.00.